The minimum absolute atomic E-state index is 0.0542. The smallest absolute Gasteiger partial charge is 0.269 e. The van der Waals surface area contributed by atoms with Gasteiger partial charge in [-0.15, -0.1) is 0 Å². The molecule has 1 spiro atoms. The highest BCUT2D eigenvalue weighted by Gasteiger charge is 2.42. The predicted molar refractivity (Wildman–Crippen MR) is 98.8 cm³/mol. The summed E-state index contributed by atoms with van der Waals surface area (Å²) in [5.74, 6) is -0.0966. The SMILES string of the molecule is O=C(N[C@@H]1CCC[C@H]1OCc1ccccc1)C1=NOC2(CCNCC2)C1. The molecule has 0 aromatic heterocycles. The van der Waals surface area contributed by atoms with Gasteiger partial charge >= 0.3 is 0 Å². The van der Waals surface area contributed by atoms with Crippen LogP contribution in [0.5, 0.6) is 0 Å². The van der Waals surface area contributed by atoms with Gasteiger partial charge in [-0.1, -0.05) is 35.5 Å². The van der Waals surface area contributed by atoms with Gasteiger partial charge in [0.05, 0.1) is 18.8 Å². The summed E-state index contributed by atoms with van der Waals surface area (Å²) in [6.07, 6.45) is 5.49. The van der Waals surface area contributed by atoms with E-state index in [-0.39, 0.29) is 23.7 Å². The lowest BCUT2D eigenvalue weighted by Crippen LogP contribution is -2.46. The molecule has 2 N–H and O–H groups in total. The maximum absolute atomic E-state index is 12.7. The normalized spacial score (nSPS) is 27.2. The van der Waals surface area contributed by atoms with E-state index in [2.05, 4.69) is 27.9 Å². The standard InChI is InChI=1S/C20H27N3O3/c24-19(17-13-20(26-23-17)9-11-21-12-10-20)22-16-7-4-8-18(16)25-14-15-5-2-1-3-6-15/h1-3,5-6,16,18,21H,4,7-14H2,(H,22,24)/t16-,18-/m1/s1. The molecule has 3 aliphatic rings. The minimum Gasteiger partial charge on any atom is -0.388 e. The molecule has 140 valence electrons. The number of nitrogens with one attached hydrogen (secondary N) is 2. The second kappa shape index (κ2) is 7.76. The summed E-state index contributed by atoms with van der Waals surface area (Å²) in [7, 11) is 0. The molecule has 1 amide bonds. The Labute approximate surface area is 154 Å². The van der Waals surface area contributed by atoms with Crippen LogP contribution in [0.2, 0.25) is 0 Å². The highest BCUT2D eigenvalue weighted by Crippen LogP contribution is 2.32. The lowest BCUT2D eigenvalue weighted by atomic mass is 9.87. The largest absolute Gasteiger partial charge is 0.388 e. The molecule has 2 heterocycles. The van der Waals surface area contributed by atoms with Crippen molar-refractivity contribution >= 4 is 11.6 Å². The number of amides is 1. The van der Waals surface area contributed by atoms with Crippen molar-refractivity contribution in [2.24, 2.45) is 5.16 Å². The van der Waals surface area contributed by atoms with Crippen LogP contribution in [0.1, 0.15) is 44.1 Å². The van der Waals surface area contributed by atoms with Gasteiger partial charge in [0.1, 0.15) is 11.3 Å². The molecule has 2 fully saturated rings. The third-order valence-corrected chi connectivity index (χ3v) is 5.69. The van der Waals surface area contributed by atoms with Gasteiger partial charge in [-0.05, 0) is 37.9 Å². The van der Waals surface area contributed by atoms with Gasteiger partial charge in [-0.25, -0.2) is 0 Å². The lowest BCUT2D eigenvalue weighted by Gasteiger charge is -2.30. The molecular weight excluding hydrogens is 330 g/mol. The zero-order chi connectivity index (χ0) is 17.8. The number of carbonyl (C=O) groups is 1. The van der Waals surface area contributed by atoms with E-state index in [4.69, 9.17) is 9.57 Å². The Morgan fingerprint density at radius 1 is 1.27 bits per heavy atom. The van der Waals surface area contributed by atoms with Gasteiger partial charge in [-0.3, -0.25) is 4.79 Å². The molecule has 0 bridgehead atoms. The van der Waals surface area contributed by atoms with Crippen molar-refractivity contribution in [3.63, 3.8) is 0 Å². The number of carbonyl (C=O) groups excluding carboxylic acids is 1. The van der Waals surface area contributed by atoms with Crippen molar-refractivity contribution in [1.29, 1.82) is 0 Å². The first-order chi connectivity index (χ1) is 12.7. The third kappa shape index (κ3) is 3.91. The van der Waals surface area contributed by atoms with Crippen molar-refractivity contribution in [1.82, 2.24) is 10.6 Å². The van der Waals surface area contributed by atoms with Gasteiger partial charge in [0.2, 0.25) is 0 Å². The molecule has 26 heavy (non-hydrogen) atoms. The van der Waals surface area contributed by atoms with Gasteiger partial charge in [-0.2, -0.15) is 0 Å². The van der Waals surface area contributed by atoms with Crippen LogP contribution in [0, 0.1) is 0 Å². The minimum atomic E-state index is -0.267. The fraction of sp³-hybridized carbons (Fsp3) is 0.600. The second-order valence-electron chi connectivity index (χ2n) is 7.58. The molecule has 0 unspecified atom stereocenters. The Bertz CT molecular complexity index is 656. The van der Waals surface area contributed by atoms with Gasteiger partial charge < -0.3 is 20.2 Å². The zero-order valence-corrected chi connectivity index (χ0v) is 15.1. The molecule has 6 heteroatoms. The second-order valence-corrected chi connectivity index (χ2v) is 7.58. The Balaban J connectivity index is 1.29. The number of rotatable bonds is 5. The number of piperidine rings is 1. The maximum Gasteiger partial charge on any atom is 0.269 e. The molecule has 2 aliphatic heterocycles. The number of nitrogens with zero attached hydrogens (tertiary/aromatic N) is 1. The van der Waals surface area contributed by atoms with Crippen LogP contribution in [0.4, 0.5) is 0 Å². The average Bonchev–Trinajstić information content (AvgIpc) is 3.29. The van der Waals surface area contributed by atoms with Gasteiger partial charge in [0.25, 0.3) is 5.91 Å². The number of ether oxygens (including phenoxy) is 1. The molecule has 0 radical (unpaired) electrons. The van der Waals surface area contributed by atoms with Crippen LogP contribution in [0.15, 0.2) is 35.5 Å². The molecule has 6 nitrogen and oxygen atoms in total. The molecule has 4 rings (SSSR count). The first-order valence-corrected chi connectivity index (χ1v) is 9.66. The van der Waals surface area contributed by atoms with Crippen LogP contribution in [0.25, 0.3) is 0 Å². The van der Waals surface area contributed by atoms with E-state index in [1.54, 1.807) is 0 Å². The van der Waals surface area contributed by atoms with E-state index >= 15 is 0 Å². The van der Waals surface area contributed by atoms with Crippen LogP contribution in [-0.4, -0.2) is 42.5 Å². The number of oxime groups is 1. The molecule has 1 aliphatic carbocycles. The van der Waals surface area contributed by atoms with Crippen LogP contribution in [0.3, 0.4) is 0 Å². The first kappa shape index (κ1) is 17.5. The van der Waals surface area contributed by atoms with Crippen LogP contribution >= 0.6 is 0 Å². The van der Waals surface area contributed by atoms with E-state index in [1.165, 1.54) is 0 Å². The van der Waals surface area contributed by atoms with Crippen molar-refractivity contribution in [2.45, 2.75) is 62.9 Å². The average molecular weight is 357 g/mol. The van der Waals surface area contributed by atoms with Crippen molar-refractivity contribution in [3.05, 3.63) is 35.9 Å². The summed E-state index contributed by atoms with van der Waals surface area (Å²) in [6, 6.07) is 10.2. The predicted octanol–water partition coefficient (Wildman–Crippen LogP) is 2.14. The van der Waals surface area contributed by atoms with E-state index in [9.17, 15) is 4.79 Å². The quantitative estimate of drug-likeness (QED) is 0.847. The Kier molecular flexibility index (Phi) is 5.22. The summed E-state index contributed by atoms with van der Waals surface area (Å²) >= 11 is 0. The fourth-order valence-corrected chi connectivity index (χ4v) is 4.11. The number of benzene rings is 1. The molecule has 1 saturated carbocycles. The van der Waals surface area contributed by atoms with Gasteiger partial charge in [0.15, 0.2) is 0 Å². The zero-order valence-electron chi connectivity index (χ0n) is 15.1. The summed E-state index contributed by atoms with van der Waals surface area (Å²) < 4.78 is 6.08. The van der Waals surface area contributed by atoms with Crippen LogP contribution in [-0.2, 0) is 21.0 Å². The van der Waals surface area contributed by atoms with Crippen LogP contribution < -0.4 is 10.6 Å². The molecule has 1 saturated heterocycles. The van der Waals surface area contributed by atoms with E-state index < -0.39 is 0 Å². The highest BCUT2D eigenvalue weighted by molar-refractivity contribution is 6.39. The Morgan fingerprint density at radius 3 is 2.88 bits per heavy atom. The number of hydrogen-bond donors (Lipinski definition) is 2. The van der Waals surface area contributed by atoms with E-state index in [0.29, 0.717) is 18.7 Å². The van der Waals surface area contributed by atoms with Crippen molar-refractivity contribution in [2.75, 3.05) is 13.1 Å². The summed E-state index contributed by atoms with van der Waals surface area (Å²) in [4.78, 5) is 18.3. The number of hydrogen-bond acceptors (Lipinski definition) is 5. The molecule has 1 aromatic rings. The first-order valence-electron chi connectivity index (χ1n) is 9.66. The molecule has 2 atom stereocenters. The summed E-state index contributed by atoms with van der Waals surface area (Å²) in [5.41, 5.74) is 1.42. The van der Waals surface area contributed by atoms with Crippen molar-refractivity contribution in [3.8, 4) is 0 Å². The Hall–Kier alpha value is -1.92. The van der Waals surface area contributed by atoms with Crippen molar-refractivity contribution < 1.29 is 14.4 Å². The highest BCUT2D eigenvalue weighted by atomic mass is 16.7. The van der Waals surface area contributed by atoms with E-state index in [1.807, 2.05) is 18.2 Å². The topological polar surface area (TPSA) is 72.0 Å². The third-order valence-electron chi connectivity index (χ3n) is 5.69. The van der Waals surface area contributed by atoms with E-state index in [0.717, 1.165) is 50.8 Å². The summed E-state index contributed by atoms with van der Waals surface area (Å²) in [5, 5.41) is 10.6. The van der Waals surface area contributed by atoms with Gasteiger partial charge in [0, 0.05) is 19.3 Å². The fourth-order valence-electron chi connectivity index (χ4n) is 4.11. The lowest BCUT2D eigenvalue weighted by molar-refractivity contribution is -0.116. The maximum atomic E-state index is 12.7. The summed E-state index contributed by atoms with van der Waals surface area (Å²) in [6.45, 7) is 2.42. The molecule has 1 aromatic carbocycles. The monoisotopic (exact) mass is 357 g/mol. The Morgan fingerprint density at radius 2 is 2.08 bits per heavy atom. The molecular formula is C20H27N3O3.